The minimum atomic E-state index is -3.41. The normalized spacial score (nSPS) is 14.1. The van der Waals surface area contributed by atoms with Crippen LogP contribution in [0.1, 0.15) is 34.1 Å². The molecular formula is C27H25O5P. The lowest BCUT2D eigenvalue weighted by molar-refractivity contribution is -0.118. The SMILES string of the molecule is CCOP(C)(=O)C(C(=O)Cc1cc2ccccc2cc1C(=O)O)c1cccc2ccccc12. The van der Waals surface area contributed by atoms with Gasteiger partial charge >= 0.3 is 5.97 Å². The number of hydrogen-bond acceptors (Lipinski definition) is 4. The van der Waals surface area contributed by atoms with Crippen molar-refractivity contribution in [2.45, 2.75) is 19.0 Å². The van der Waals surface area contributed by atoms with Gasteiger partial charge in [0, 0.05) is 13.1 Å². The van der Waals surface area contributed by atoms with Gasteiger partial charge in [-0.05, 0) is 51.7 Å². The number of Topliss-reactive ketones (excluding diaryl/α,β-unsaturated/α-hetero) is 1. The molecule has 4 aromatic carbocycles. The summed E-state index contributed by atoms with van der Waals surface area (Å²) in [6.45, 7) is 3.44. The molecule has 5 nitrogen and oxygen atoms in total. The fourth-order valence-corrected chi connectivity index (χ4v) is 6.43. The van der Waals surface area contributed by atoms with E-state index in [1.165, 1.54) is 6.66 Å². The number of benzene rings is 4. The zero-order chi connectivity index (χ0) is 23.6. The van der Waals surface area contributed by atoms with Crippen LogP contribution in [-0.2, 0) is 20.3 Å². The molecule has 0 aliphatic carbocycles. The predicted octanol–water partition coefficient (Wildman–Crippen LogP) is 6.49. The van der Waals surface area contributed by atoms with Crippen LogP contribution in [0.4, 0.5) is 0 Å². The van der Waals surface area contributed by atoms with E-state index in [1.54, 1.807) is 25.1 Å². The third kappa shape index (κ3) is 4.61. The minimum absolute atomic E-state index is 0.0704. The maximum Gasteiger partial charge on any atom is 0.335 e. The average Bonchev–Trinajstić information content (AvgIpc) is 2.78. The van der Waals surface area contributed by atoms with E-state index >= 15 is 0 Å². The molecule has 0 bridgehead atoms. The van der Waals surface area contributed by atoms with E-state index in [4.69, 9.17) is 4.52 Å². The van der Waals surface area contributed by atoms with Crippen molar-refractivity contribution in [3.8, 4) is 0 Å². The van der Waals surface area contributed by atoms with Crippen LogP contribution in [0.3, 0.4) is 0 Å². The number of aromatic carboxylic acids is 1. The molecule has 4 aromatic rings. The van der Waals surface area contributed by atoms with E-state index < -0.39 is 19.0 Å². The first-order valence-corrected chi connectivity index (χ1v) is 12.9. The highest BCUT2D eigenvalue weighted by atomic mass is 31.2. The van der Waals surface area contributed by atoms with Gasteiger partial charge in [-0.2, -0.15) is 0 Å². The first-order chi connectivity index (χ1) is 15.8. The van der Waals surface area contributed by atoms with Crippen LogP contribution in [0.25, 0.3) is 21.5 Å². The van der Waals surface area contributed by atoms with Crippen molar-refractivity contribution in [2.75, 3.05) is 13.3 Å². The number of rotatable bonds is 8. The second-order valence-electron chi connectivity index (χ2n) is 8.10. The predicted molar refractivity (Wildman–Crippen MR) is 131 cm³/mol. The first kappa shape index (κ1) is 22.9. The Labute approximate surface area is 192 Å². The van der Waals surface area contributed by atoms with Crippen molar-refractivity contribution in [1.29, 1.82) is 0 Å². The molecule has 0 heterocycles. The largest absolute Gasteiger partial charge is 0.478 e. The van der Waals surface area contributed by atoms with Crippen LogP contribution in [0, 0.1) is 0 Å². The third-order valence-electron chi connectivity index (χ3n) is 5.84. The second-order valence-corrected chi connectivity index (χ2v) is 10.7. The lowest BCUT2D eigenvalue weighted by Gasteiger charge is -2.25. The summed E-state index contributed by atoms with van der Waals surface area (Å²) < 4.78 is 19.3. The minimum Gasteiger partial charge on any atom is -0.478 e. The quantitative estimate of drug-likeness (QED) is 0.304. The van der Waals surface area contributed by atoms with Gasteiger partial charge in [0.25, 0.3) is 0 Å². The Morgan fingerprint density at radius 2 is 1.52 bits per heavy atom. The highest BCUT2D eigenvalue weighted by Crippen LogP contribution is 2.58. The molecule has 0 fully saturated rings. The molecule has 0 aromatic heterocycles. The summed E-state index contributed by atoms with van der Waals surface area (Å²) in [6.07, 6.45) is -0.161. The maximum absolute atomic E-state index is 13.7. The Morgan fingerprint density at radius 3 is 2.18 bits per heavy atom. The summed E-state index contributed by atoms with van der Waals surface area (Å²) >= 11 is 0. The molecule has 0 spiro atoms. The third-order valence-corrected chi connectivity index (χ3v) is 8.12. The summed E-state index contributed by atoms with van der Waals surface area (Å²) in [4.78, 5) is 25.7. The summed E-state index contributed by atoms with van der Waals surface area (Å²) in [5.41, 5.74) is 0.0979. The van der Waals surface area contributed by atoms with Gasteiger partial charge in [-0.3, -0.25) is 9.36 Å². The Balaban J connectivity index is 1.84. The molecule has 0 amide bonds. The monoisotopic (exact) mass is 460 g/mol. The van der Waals surface area contributed by atoms with E-state index in [2.05, 4.69) is 0 Å². The standard InChI is InChI=1S/C27H25O5P/c1-3-32-33(2,31)26(23-14-8-12-18-9-6-7-13-22(18)23)25(28)17-21-15-19-10-4-5-11-20(19)16-24(21)27(29)30/h4-16,26H,3,17H2,1-2H3,(H,29,30). The molecule has 1 N–H and O–H groups in total. The van der Waals surface area contributed by atoms with E-state index in [-0.39, 0.29) is 24.4 Å². The number of fused-ring (bicyclic) bond motifs is 2. The topological polar surface area (TPSA) is 80.7 Å². The molecule has 0 radical (unpaired) electrons. The summed E-state index contributed by atoms with van der Waals surface area (Å²) in [5.74, 6) is -1.43. The van der Waals surface area contributed by atoms with E-state index in [1.807, 2.05) is 60.7 Å². The van der Waals surface area contributed by atoms with E-state index in [0.717, 1.165) is 21.5 Å². The van der Waals surface area contributed by atoms with Crippen LogP contribution in [0.5, 0.6) is 0 Å². The Morgan fingerprint density at radius 1 is 0.909 bits per heavy atom. The molecule has 2 unspecified atom stereocenters. The fraction of sp³-hybridized carbons (Fsp3) is 0.185. The molecule has 2 atom stereocenters. The fourth-order valence-electron chi connectivity index (χ4n) is 4.42. The molecule has 168 valence electrons. The zero-order valence-electron chi connectivity index (χ0n) is 18.5. The van der Waals surface area contributed by atoms with Gasteiger partial charge in [-0.15, -0.1) is 0 Å². The number of carbonyl (C=O) groups excluding carboxylic acids is 1. The second kappa shape index (κ2) is 9.30. The van der Waals surface area contributed by atoms with Crippen LogP contribution >= 0.6 is 7.37 Å². The van der Waals surface area contributed by atoms with Gasteiger partial charge in [0.15, 0.2) is 5.78 Å². The van der Waals surface area contributed by atoms with Crippen molar-refractivity contribution >= 4 is 40.7 Å². The van der Waals surface area contributed by atoms with Gasteiger partial charge in [-0.25, -0.2) is 4.79 Å². The first-order valence-electron chi connectivity index (χ1n) is 10.8. The molecular weight excluding hydrogens is 435 g/mol. The lowest BCUT2D eigenvalue weighted by atomic mass is 9.93. The van der Waals surface area contributed by atoms with Gasteiger partial charge in [-0.1, -0.05) is 66.7 Å². The van der Waals surface area contributed by atoms with Crippen LogP contribution in [0.2, 0.25) is 0 Å². The van der Waals surface area contributed by atoms with Crippen LogP contribution in [0.15, 0.2) is 78.9 Å². The number of carbonyl (C=O) groups is 2. The Kier molecular flexibility index (Phi) is 6.46. The lowest BCUT2D eigenvalue weighted by Crippen LogP contribution is -2.18. The molecule has 6 heteroatoms. The van der Waals surface area contributed by atoms with Crippen molar-refractivity contribution in [3.05, 3.63) is 95.6 Å². The number of carboxylic acid groups (broad SMARTS) is 1. The zero-order valence-corrected chi connectivity index (χ0v) is 19.4. The van der Waals surface area contributed by atoms with Gasteiger partial charge in [0.1, 0.15) is 5.66 Å². The van der Waals surface area contributed by atoms with Gasteiger partial charge < -0.3 is 9.63 Å². The smallest absolute Gasteiger partial charge is 0.335 e. The summed E-state index contributed by atoms with van der Waals surface area (Å²) in [5, 5.41) is 13.2. The molecule has 0 saturated heterocycles. The van der Waals surface area contributed by atoms with Crippen molar-refractivity contribution in [2.24, 2.45) is 0 Å². The number of carboxylic acids is 1. The van der Waals surface area contributed by atoms with Crippen LogP contribution in [-0.4, -0.2) is 30.1 Å². The molecule has 0 aliphatic rings. The summed E-state index contributed by atoms with van der Waals surface area (Å²) in [6, 6.07) is 23.9. The highest BCUT2D eigenvalue weighted by Gasteiger charge is 2.38. The van der Waals surface area contributed by atoms with E-state index in [9.17, 15) is 19.3 Å². The molecule has 33 heavy (non-hydrogen) atoms. The average molecular weight is 460 g/mol. The Bertz CT molecular complexity index is 1400. The molecule has 4 rings (SSSR count). The van der Waals surface area contributed by atoms with Crippen molar-refractivity contribution in [1.82, 2.24) is 0 Å². The van der Waals surface area contributed by atoms with Gasteiger partial charge in [0.2, 0.25) is 7.37 Å². The van der Waals surface area contributed by atoms with Crippen molar-refractivity contribution < 1.29 is 23.8 Å². The highest BCUT2D eigenvalue weighted by molar-refractivity contribution is 7.59. The summed E-state index contributed by atoms with van der Waals surface area (Å²) in [7, 11) is -3.41. The van der Waals surface area contributed by atoms with Crippen LogP contribution < -0.4 is 0 Å². The number of ketones is 1. The maximum atomic E-state index is 13.7. The number of hydrogen-bond donors (Lipinski definition) is 1. The van der Waals surface area contributed by atoms with Crippen molar-refractivity contribution in [3.63, 3.8) is 0 Å². The molecule has 0 aliphatic heterocycles. The molecule has 0 saturated carbocycles. The van der Waals surface area contributed by atoms with E-state index in [0.29, 0.717) is 11.1 Å². The van der Waals surface area contributed by atoms with Gasteiger partial charge in [0.05, 0.1) is 12.2 Å². The Hall–Kier alpha value is -3.27.